The molecule has 0 radical (unpaired) electrons. The zero-order chi connectivity index (χ0) is 16.8. The number of amides is 4. The average molecular weight is 333 g/mol. The first-order valence-electron chi connectivity index (χ1n) is 6.48. The van der Waals surface area contributed by atoms with E-state index in [1.807, 2.05) is 0 Å². The third kappa shape index (κ3) is 4.72. The molecule has 0 saturated heterocycles. The topological polar surface area (TPSA) is 113 Å². The van der Waals surface area contributed by atoms with Crippen LogP contribution in [0.2, 0.25) is 5.02 Å². The Morgan fingerprint density at radius 2 is 1.22 bits per heavy atom. The molecule has 0 unspecified atom stereocenters. The van der Waals surface area contributed by atoms with E-state index in [4.69, 9.17) is 17.3 Å². The van der Waals surface area contributed by atoms with Crippen molar-refractivity contribution in [1.29, 1.82) is 0 Å². The lowest BCUT2D eigenvalue weighted by molar-refractivity contribution is 0.0846. The van der Waals surface area contributed by atoms with E-state index in [2.05, 4.69) is 16.2 Å². The maximum absolute atomic E-state index is 11.9. The van der Waals surface area contributed by atoms with Gasteiger partial charge in [-0.15, -0.1) is 0 Å². The van der Waals surface area contributed by atoms with E-state index in [-0.39, 0.29) is 0 Å². The number of primary amides is 1. The van der Waals surface area contributed by atoms with Gasteiger partial charge in [0, 0.05) is 21.8 Å². The summed E-state index contributed by atoms with van der Waals surface area (Å²) in [6.07, 6.45) is 0. The minimum Gasteiger partial charge on any atom is -0.351 e. The summed E-state index contributed by atoms with van der Waals surface area (Å²) in [5.74, 6) is -0.972. The van der Waals surface area contributed by atoms with Crippen LogP contribution in [0.4, 0.5) is 10.5 Å². The summed E-state index contributed by atoms with van der Waals surface area (Å²) in [6, 6.07) is 11.5. The molecule has 0 aromatic heterocycles. The molecule has 0 spiro atoms. The molecule has 2 rings (SSSR count). The quantitative estimate of drug-likeness (QED) is 0.644. The van der Waals surface area contributed by atoms with Crippen molar-refractivity contribution in [2.45, 2.75) is 0 Å². The lowest BCUT2D eigenvalue weighted by Crippen LogP contribution is -2.41. The van der Waals surface area contributed by atoms with Crippen LogP contribution >= 0.6 is 11.6 Å². The Kier molecular flexibility index (Phi) is 5.16. The van der Waals surface area contributed by atoms with Gasteiger partial charge in [0.1, 0.15) is 0 Å². The Hall–Kier alpha value is -3.06. The summed E-state index contributed by atoms with van der Waals surface area (Å²) in [7, 11) is 0. The number of hydrazine groups is 1. The predicted octanol–water partition coefficient (Wildman–Crippen LogP) is 1.91. The number of nitrogens with two attached hydrogens (primary N) is 1. The third-order valence-electron chi connectivity index (χ3n) is 2.81. The highest BCUT2D eigenvalue weighted by Gasteiger charge is 2.09. The molecule has 5 N–H and O–H groups in total. The molecule has 7 nitrogen and oxygen atoms in total. The molecule has 2 aromatic rings. The van der Waals surface area contributed by atoms with Crippen molar-refractivity contribution >= 4 is 35.1 Å². The third-order valence-corrected chi connectivity index (χ3v) is 3.06. The van der Waals surface area contributed by atoms with Crippen LogP contribution in [0.5, 0.6) is 0 Å². The molecule has 0 aliphatic carbocycles. The van der Waals surface area contributed by atoms with E-state index < -0.39 is 17.8 Å². The van der Waals surface area contributed by atoms with E-state index in [0.717, 1.165) is 0 Å². The van der Waals surface area contributed by atoms with Crippen LogP contribution in [0, 0.1) is 0 Å². The Labute approximate surface area is 136 Å². The second-order valence-electron chi connectivity index (χ2n) is 4.48. The Balaban J connectivity index is 1.92. The van der Waals surface area contributed by atoms with Gasteiger partial charge in [0.25, 0.3) is 11.8 Å². The molecule has 118 valence electrons. The molecule has 2 aromatic carbocycles. The minimum atomic E-state index is -0.697. The highest BCUT2D eigenvalue weighted by atomic mass is 35.5. The predicted molar refractivity (Wildman–Crippen MR) is 86.0 cm³/mol. The van der Waals surface area contributed by atoms with Crippen molar-refractivity contribution in [2.24, 2.45) is 5.73 Å². The smallest absolute Gasteiger partial charge is 0.316 e. The number of hydrogen-bond acceptors (Lipinski definition) is 3. The fraction of sp³-hybridized carbons (Fsp3) is 0. The maximum Gasteiger partial charge on any atom is 0.316 e. The number of carbonyl (C=O) groups is 3. The molecule has 23 heavy (non-hydrogen) atoms. The summed E-state index contributed by atoms with van der Waals surface area (Å²) in [5.41, 5.74) is 10.7. The van der Waals surface area contributed by atoms with E-state index >= 15 is 0 Å². The molecule has 0 atom stereocenters. The van der Waals surface area contributed by atoms with Gasteiger partial charge >= 0.3 is 6.03 Å². The summed E-state index contributed by atoms with van der Waals surface area (Å²) in [5, 5.41) is 2.88. The van der Waals surface area contributed by atoms with Gasteiger partial charge in [-0.3, -0.25) is 20.4 Å². The van der Waals surface area contributed by atoms with Gasteiger partial charge in [-0.1, -0.05) is 11.6 Å². The Morgan fingerprint density at radius 3 is 1.65 bits per heavy atom. The normalized spacial score (nSPS) is 9.78. The maximum atomic E-state index is 11.9. The zero-order valence-electron chi connectivity index (χ0n) is 11.8. The molecule has 0 bridgehead atoms. The van der Waals surface area contributed by atoms with Crippen LogP contribution in [-0.2, 0) is 0 Å². The SMILES string of the molecule is NC(=O)Nc1ccc(C(=O)NNC(=O)c2ccc(Cl)cc2)cc1. The molecule has 0 fully saturated rings. The van der Waals surface area contributed by atoms with Gasteiger partial charge in [0.2, 0.25) is 0 Å². The number of anilines is 1. The molecule has 0 saturated carbocycles. The van der Waals surface area contributed by atoms with E-state index in [1.165, 1.54) is 36.4 Å². The second kappa shape index (κ2) is 7.28. The van der Waals surface area contributed by atoms with Gasteiger partial charge in [0.15, 0.2) is 0 Å². The van der Waals surface area contributed by atoms with Gasteiger partial charge < -0.3 is 11.1 Å². The van der Waals surface area contributed by atoms with Crippen LogP contribution in [-0.4, -0.2) is 17.8 Å². The largest absolute Gasteiger partial charge is 0.351 e. The van der Waals surface area contributed by atoms with E-state index in [0.29, 0.717) is 21.8 Å². The number of rotatable bonds is 3. The fourth-order valence-corrected chi connectivity index (χ4v) is 1.83. The summed E-state index contributed by atoms with van der Waals surface area (Å²) in [6.45, 7) is 0. The fourth-order valence-electron chi connectivity index (χ4n) is 1.71. The molecule has 0 heterocycles. The van der Waals surface area contributed by atoms with Gasteiger partial charge in [0.05, 0.1) is 0 Å². The highest BCUT2D eigenvalue weighted by Crippen LogP contribution is 2.10. The Morgan fingerprint density at radius 1 is 0.783 bits per heavy atom. The first kappa shape index (κ1) is 16.3. The molecular formula is C15H13ClN4O3. The molecule has 8 heteroatoms. The number of carbonyl (C=O) groups excluding carboxylic acids is 3. The molecule has 0 aliphatic rings. The number of nitrogens with one attached hydrogen (secondary N) is 3. The van der Waals surface area contributed by atoms with Crippen LogP contribution in [0.1, 0.15) is 20.7 Å². The highest BCUT2D eigenvalue weighted by molar-refractivity contribution is 6.30. The monoisotopic (exact) mass is 332 g/mol. The van der Waals surface area contributed by atoms with Crippen molar-refractivity contribution in [3.05, 3.63) is 64.7 Å². The first-order valence-corrected chi connectivity index (χ1v) is 6.86. The van der Waals surface area contributed by atoms with Crippen molar-refractivity contribution in [3.8, 4) is 0 Å². The number of urea groups is 1. The standard InChI is InChI=1S/C15H13ClN4O3/c16-11-5-1-9(2-6-11)13(21)19-20-14(22)10-3-7-12(8-4-10)18-15(17)23/h1-8H,(H,19,21)(H,20,22)(H3,17,18,23). The van der Waals surface area contributed by atoms with Crippen LogP contribution < -0.4 is 21.9 Å². The molecular weight excluding hydrogens is 320 g/mol. The van der Waals surface area contributed by atoms with Crippen molar-refractivity contribution < 1.29 is 14.4 Å². The number of benzene rings is 2. The lowest BCUT2D eigenvalue weighted by Gasteiger charge is -2.08. The lowest BCUT2D eigenvalue weighted by atomic mass is 10.2. The zero-order valence-corrected chi connectivity index (χ0v) is 12.6. The molecule has 4 amide bonds. The van der Waals surface area contributed by atoms with Gasteiger partial charge in [-0.2, -0.15) is 0 Å². The van der Waals surface area contributed by atoms with E-state index in [9.17, 15) is 14.4 Å². The van der Waals surface area contributed by atoms with Crippen LogP contribution in [0.15, 0.2) is 48.5 Å². The van der Waals surface area contributed by atoms with Crippen molar-refractivity contribution in [3.63, 3.8) is 0 Å². The van der Waals surface area contributed by atoms with Gasteiger partial charge in [-0.25, -0.2) is 4.79 Å². The van der Waals surface area contributed by atoms with Crippen LogP contribution in [0.25, 0.3) is 0 Å². The van der Waals surface area contributed by atoms with Crippen molar-refractivity contribution in [1.82, 2.24) is 10.9 Å². The number of halogens is 1. The minimum absolute atomic E-state index is 0.302. The second-order valence-corrected chi connectivity index (χ2v) is 4.92. The first-order chi connectivity index (χ1) is 11.0. The van der Waals surface area contributed by atoms with E-state index in [1.54, 1.807) is 12.1 Å². The molecule has 0 aliphatic heterocycles. The summed E-state index contributed by atoms with van der Waals surface area (Å²) >= 11 is 5.73. The van der Waals surface area contributed by atoms with Crippen molar-refractivity contribution in [2.75, 3.05) is 5.32 Å². The number of hydrogen-bond donors (Lipinski definition) is 4. The summed E-state index contributed by atoms with van der Waals surface area (Å²) < 4.78 is 0. The van der Waals surface area contributed by atoms with Gasteiger partial charge in [-0.05, 0) is 48.5 Å². The summed E-state index contributed by atoms with van der Waals surface area (Å²) in [4.78, 5) is 34.4. The van der Waals surface area contributed by atoms with Crippen LogP contribution in [0.3, 0.4) is 0 Å². The Bertz CT molecular complexity index is 729. The average Bonchev–Trinajstić information content (AvgIpc) is 2.53.